The Morgan fingerprint density at radius 1 is 0.733 bits per heavy atom. The number of nitrogens with zero attached hydrogens (tertiary/aromatic N) is 1. The van der Waals surface area contributed by atoms with E-state index >= 15 is 0 Å². The van der Waals surface area contributed by atoms with E-state index in [1.54, 1.807) is 12.1 Å². The van der Waals surface area contributed by atoms with Gasteiger partial charge in [0.05, 0.1) is 29.7 Å². The Balaban J connectivity index is -0.000000166. The topological polar surface area (TPSA) is 112 Å². The van der Waals surface area contributed by atoms with Crippen LogP contribution in [0.4, 0.5) is 4.39 Å². The molecule has 30 heavy (non-hydrogen) atoms. The third-order valence-electron chi connectivity index (χ3n) is 3.37. The summed E-state index contributed by atoms with van der Waals surface area (Å²) in [7, 11) is -2.71. The van der Waals surface area contributed by atoms with Gasteiger partial charge in [-0.3, -0.25) is 4.76 Å². The van der Waals surface area contributed by atoms with E-state index in [0.717, 1.165) is 10.5 Å². The van der Waals surface area contributed by atoms with Crippen molar-refractivity contribution < 1.29 is 48.7 Å². The van der Waals surface area contributed by atoms with Gasteiger partial charge in [0.25, 0.3) is 0 Å². The first-order chi connectivity index (χ1) is 13.6. The van der Waals surface area contributed by atoms with E-state index < -0.39 is 16.1 Å². The summed E-state index contributed by atoms with van der Waals surface area (Å²) in [5.41, 5.74) is 2.40. The first kappa shape index (κ1) is 39.5. The van der Waals surface area contributed by atoms with E-state index in [1.807, 2.05) is 12.1 Å². The van der Waals surface area contributed by atoms with E-state index in [2.05, 4.69) is 72.5 Å². The Kier molecular flexibility index (Phi) is 28.1. The van der Waals surface area contributed by atoms with Gasteiger partial charge in [-0.15, -0.1) is 0 Å². The summed E-state index contributed by atoms with van der Waals surface area (Å²) in [6.45, 7) is 37.3. The second-order valence-electron chi connectivity index (χ2n) is 7.41. The molecule has 160 valence electrons. The van der Waals surface area contributed by atoms with Crippen LogP contribution < -0.4 is 0 Å². The molecule has 2 rings (SSSR count). The number of halogens is 1. The maximum Gasteiger partial charge on any atom is 0 e. The molecular weight excluding hydrogens is 612 g/mol. The summed E-state index contributed by atoms with van der Waals surface area (Å²) in [6, 6.07) is 6.84. The number of rotatable bonds is 4. The van der Waals surface area contributed by atoms with Crippen LogP contribution in [0, 0.1) is 39.1 Å². The van der Waals surface area contributed by atoms with E-state index in [0.29, 0.717) is 0 Å². The predicted molar refractivity (Wildman–Crippen MR) is 110 cm³/mol. The molecule has 0 fully saturated rings. The van der Waals surface area contributed by atoms with Gasteiger partial charge in [-0.1, -0.05) is 39.3 Å². The van der Waals surface area contributed by atoms with Gasteiger partial charge in [-0.05, 0) is 29.2 Å². The van der Waals surface area contributed by atoms with Crippen molar-refractivity contribution in [1.29, 1.82) is 0 Å². The molecule has 0 amide bonds. The first-order valence-corrected chi connectivity index (χ1v) is 16.3. The third-order valence-corrected chi connectivity index (χ3v) is 19.5. The van der Waals surface area contributed by atoms with Crippen molar-refractivity contribution in [1.82, 2.24) is 0 Å². The fraction of sp³-hybridized carbons (Fsp3) is 0.368. The molecule has 6 nitrogen and oxygen atoms in total. The van der Waals surface area contributed by atoms with Crippen LogP contribution in [0.25, 0.3) is 0 Å². The summed E-state index contributed by atoms with van der Waals surface area (Å²) >= 11 is 0. The minimum Gasteiger partial charge on any atom is 0 e. The average Bonchev–Trinajstić information content (AvgIpc) is 3.47. The van der Waals surface area contributed by atoms with Crippen LogP contribution in [-0.4, -0.2) is 26.5 Å². The van der Waals surface area contributed by atoms with E-state index in [-0.39, 0.29) is 35.0 Å². The summed E-state index contributed by atoms with van der Waals surface area (Å²) in [5, 5.41) is 0. The van der Waals surface area contributed by atoms with Crippen molar-refractivity contribution in [3.63, 3.8) is 0 Å². The first-order valence-electron chi connectivity index (χ1n) is 7.76. The zero-order valence-corrected chi connectivity index (χ0v) is 23.4. The van der Waals surface area contributed by atoms with Gasteiger partial charge in [0, 0.05) is 26.6 Å². The van der Waals surface area contributed by atoms with Gasteiger partial charge in [-0.2, -0.15) is 0 Å². The van der Waals surface area contributed by atoms with Gasteiger partial charge in [0.2, 0.25) is 0 Å². The van der Waals surface area contributed by atoms with Gasteiger partial charge in [-0.25, -0.2) is 4.39 Å². The fourth-order valence-electron chi connectivity index (χ4n) is 3.08. The van der Waals surface area contributed by atoms with E-state index in [1.165, 1.54) is 5.45 Å². The Hall–Kier alpha value is -0.928. The van der Waals surface area contributed by atoms with Gasteiger partial charge in [0.15, 0.2) is 0 Å². The minimum absolute atomic E-state index is 0. The molecule has 0 N–H and O–H groups in total. The van der Waals surface area contributed by atoms with Crippen LogP contribution in [0.3, 0.4) is 0 Å². The molecule has 0 saturated carbocycles. The number of hydrogen-bond donors (Lipinski definition) is 0. The SMILES string of the molecule is C[Si](C)(C)C(P1N=C1c1ccc(F)cc1)[Si](C)(C)C.[C-]#[O+].[C-]#[O+].[C-]#[O+].[C-]#[O+].[C-]#[O+].[W]. The van der Waals surface area contributed by atoms with Crippen LogP contribution in [0.2, 0.25) is 39.3 Å². The molecule has 1 atom stereocenters. The van der Waals surface area contributed by atoms with Gasteiger partial charge < -0.3 is 0 Å². The minimum atomic E-state index is -1.21. The predicted octanol–water partition coefficient (Wildman–Crippen LogP) is 4.92. The number of hydrogen-bond acceptors (Lipinski definition) is 1. The molecule has 0 radical (unpaired) electrons. The molecular formula is C19H23FNO5PSi2W. The largest absolute Gasteiger partial charge is 0 e. The smallest absolute Gasteiger partial charge is 0 e. The fourth-order valence-corrected chi connectivity index (χ4v) is 21.6. The maximum atomic E-state index is 13.0. The average molecular weight is 635 g/mol. The van der Waals surface area contributed by atoms with Crippen molar-refractivity contribution in [2.45, 2.75) is 44.2 Å². The molecule has 0 spiro atoms. The van der Waals surface area contributed by atoms with Gasteiger partial charge in [0.1, 0.15) is 5.82 Å². The molecule has 0 aliphatic carbocycles. The molecule has 1 unspecified atom stereocenters. The summed E-state index contributed by atoms with van der Waals surface area (Å²) in [5.74, 6) is -0.165. The molecule has 11 heteroatoms. The Bertz CT molecular complexity index is 671. The van der Waals surface area contributed by atoms with Crippen LogP contribution in [-0.2, 0) is 44.3 Å². The standard InChI is InChI=1S/C14H23FNPSi2.5CO.W/c1-18(2,3)14(19(4,5)6)17-13(16-17)11-7-9-12(15)10-8-11;5*1-2;/h7-10,14H,1-6H3;;;;;;. The zero-order chi connectivity index (χ0) is 24.4. The monoisotopic (exact) mass is 635 g/mol. The second kappa shape index (κ2) is 21.3. The van der Waals surface area contributed by atoms with Crippen molar-refractivity contribution in [2.75, 3.05) is 0 Å². The van der Waals surface area contributed by atoms with Crippen LogP contribution in [0.1, 0.15) is 5.56 Å². The van der Waals surface area contributed by atoms with Crippen molar-refractivity contribution >= 4 is 29.7 Å². The maximum absolute atomic E-state index is 13.0. The number of benzene rings is 1. The molecule has 0 bridgehead atoms. The second-order valence-corrected chi connectivity index (χ2v) is 21.4. The Labute approximate surface area is 195 Å². The van der Waals surface area contributed by atoms with Crippen LogP contribution in [0.15, 0.2) is 29.0 Å². The zero-order valence-electron chi connectivity index (χ0n) is 17.6. The quantitative estimate of drug-likeness (QED) is 0.194. The molecule has 1 aliphatic heterocycles. The molecule has 0 aromatic heterocycles. The summed E-state index contributed by atoms with van der Waals surface area (Å²) in [6.07, 6.45) is 0. The third kappa shape index (κ3) is 15.0. The van der Waals surface area contributed by atoms with E-state index in [4.69, 9.17) is 28.0 Å². The normalized spacial score (nSPS) is 12.7. The van der Waals surface area contributed by atoms with Gasteiger partial charge >= 0.3 is 56.5 Å². The molecule has 1 aliphatic rings. The van der Waals surface area contributed by atoms with Crippen LogP contribution >= 0.6 is 8.07 Å². The van der Waals surface area contributed by atoms with E-state index in [9.17, 15) is 4.39 Å². The van der Waals surface area contributed by atoms with Crippen molar-refractivity contribution in [3.8, 4) is 0 Å². The Morgan fingerprint density at radius 3 is 1.30 bits per heavy atom. The Morgan fingerprint density at radius 2 is 1.03 bits per heavy atom. The molecule has 1 aromatic carbocycles. The molecule has 0 saturated heterocycles. The summed E-state index contributed by atoms with van der Waals surface area (Å²) in [4.78, 5) is 0.829. The van der Waals surface area contributed by atoms with Crippen molar-refractivity contribution in [2.24, 2.45) is 4.76 Å². The van der Waals surface area contributed by atoms with Crippen molar-refractivity contribution in [3.05, 3.63) is 68.9 Å². The molecule has 1 aromatic rings. The van der Waals surface area contributed by atoms with Crippen LogP contribution in [0.5, 0.6) is 0 Å². The summed E-state index contributed by atoms with van der Waals surface area (Å²) < 4.78 is 55.3. The molecule has 1 heterocycles.